The Bertz CT molecular complexity index is 401. The highest BCUT2D eigenvalue weighted by Crippen LogP contribution is 2.21. The first-order valence-corrected chi connectivity index (χ1v) is 6.40. The van der Waals surface area contributed by atoms with Crippen LogP contribution in [0, 0.1) is 13.8 Å². The topological polar surface area (TPSA) is 52.5 Å². The number of nitrogens with one attached hydrogen (secondary N) is 1. The fourth-order valence-corrected chi connectivity index (χ4v) is 1.98. The van der Waals surface area contributed by atoms with Crippen LogP contribution in [0.15, 0.2) is 18.2 Å². The first-order chi connectivity index (χ1) is 8.26. The second-order valence-corrected chi connectivity index (χ2v) is 5.76. The zero-order valence-corrected chi connectivity index (χ0v) is 12.0. The lowest BCUT2D eigenvalue weighted by atomic mass is 9.97. The van der Waals surface area contributed by atoms with E-state index in [0.717, 1.165) is 5.56 Å². The lowest BCUT2D eigenvalue weighted by Gasteiger charge is -2.31. The molecule has 0 aliphatic rings. The Kier molecular flexibility index (Phi) is 4.91. The smallest absolute Gasteiger partial charge is 0.0940 e. The van der Waals surface area contributed by atoms with Crippen LogP contribution in [0.5, 0.6) is 0 Å². The van der Waals surface area contributed by atoms with E-state index < -0.39 is 6.10 Å². The van der Waals surface area contributed by atoms with E-state index in [-0.39, 0.29) is 18.2 Å². The number of hydrogen-bond acceptors (Lipinski definition) is 3. The molecule has 3 nitrogen and oxygen atoms in total. The van der Waals surface area contributed by atoms with Crippen molar-refractivity contribution < 1.29 is 10.2 Å². The van der Waals surface area contributed by atoms with Crippen molar-refractivity contribution in [1.82, 2.24) is 5.32 Å². The maximum atomic E-state index is 10.3. The molecule has 0 radical (unpaired) electrons. The van der Waals surface area contributed by atoms with E-state index in [1.54, 1.807) is 0 Å². The van der Waals surface area contributed by atoms with Gasteiger partial charge in [0.2, 0.25) is 0 Å². The third-order valence-corrected chi connectivity index (χ3v) is 3.36. The normalized spacial score (nSPS) is 15.5. The maximum Gasteiger partial charge on any atom is 0.0940 e. The fourth-order valence-electron chi connectivity index (χ4n) is 1.98. The summed E-state index contributed by atoms with van der Waals surface area (Å²) in [5, 5.41) is 22.8. The molecule has 0 saturated carbocycles. The van der Waals surface area contributed by atoms with E-state index >= 15 is 0 Å². The molecule has 102 valence electrons. The second-order valence-electron chi connectivity index (χ2n) is 5.76. The van der Waals surface area contributed by atoms with Crippen LogP contribution in [0.4, 0.5) is 0 Å². The van der Waals surface area contributed by atoms with Crippen molar-refractivity contribution in [3.63, 3.8) is 0 Å². The maximum absolute atomic E-state index is 10.3. The van der Waals surface area contributed by atoms with Gasteiger partial charge in [-0.15, -0.1) is 0 Å². The number of benzene rings is 1. The van der Waals surface area contributed by atoms with Gasteiger partial charge in [-0.05, 0) is 51.3 Å². The van der Waals surface area contributed by atoms with Gasteiger partial charge in [-0.3, -0.25) is 0 Å². The molecule has 1 aromatic carbocycles. The Morgan fingerprint density at radius 1 is 1.22 bits per heavy atom. The van der Waals surface area contributed by atoms with Gasteiger partial charge >= 0.3 is 0 Å². The van der Waals surface area contributed by atoms with E-state index in [1.165, 1.54) is 11.1 Å². The van der Waals surface area contributed by atoms with Crippen molar-refractivity contribution in [2.75, 3.05) is 6.61 Å². The van der Waals surface area contributed by atoms with Gasteiger partial charge in [-0.2, -0.15) is 0 Å². The lowest BCUT2D eigenvalue weighted by molar-refractivity contribution is 0.0991. The molecule has 3 heteroatoms. The minimum atomic E-state index is -0.574. The van der Waals surface area contributed by atoms with E-state index in [9.17, 15) is 10.2 Å². The summed E-state index contributed by atoms with van der Waals surface area (Å²) in [6.07, 6.45) is -0.574. The summed E-state index contributed by atoms with van der Waals surface area (Å²) in [6, 6.07) is 5.88. The SMILES string of the molecule is Cc1ccc(C(O)C(C)NC(C)(C)CO)cc1C. The van der Waals surface area contributed by atoms with E-state index in [4.69, 9.17) is 0 Å². The molecular formula is C15H25NO2. The van der Waals surface area contributed by atoms with Gasteiger partial charge < -0.3 is 15.5 Å². The molecule has 0 amide bonds. The molecule has 1 rings (SSSR count). The summed E-state index contributed by atoms with van der Waals surface area (Å²) in [4.78, 5) is 0. The summed E-state index contributed by atoms with van der Waals surface area (Å²) in [5.74, 6) is 0. The lowest BCUT2D eigenvalue weighted by Crippen LogP contribution is -2.49. The number of hydrogen-bond donors (Lipinski definition) is 3. The summed E-state index contributed by atoms with van der Waals surface area (Å²) < 4.78 is 0. The van der Waals surface area contributed by atoms with Crippen LogP contribution in [-0.2, 0) is 0 Å². The fraction of sp³-hybridized carbons (Fsp3) is 0.600. The Morgan fingerprint density at radius 3 is 2.33 bits per heavy atom. The van der Waals surface area contributed by atoms with Crippen LogP contribution >= 0.6 is 0 Å². The number of aryl methyl sites for hydroxylation is 2. The molecule has 2 unspecified atom stereocenters. The van der Waals surface area contributed by atoms with Crippen molar-refractivity contribution in [3.05, 3.63) is 34.9 Å². The summed E-state index contributed by atoms with van der Waals surface area (Å²) >= 11 is 0. The molecule has 18 heavy (non-hydrogen) atoms. The Balaban J connectivity index is 2.80. The summed E-state index contributed by atoms with van der Waals surface area (Å²) in [7, 11) is 0. The molecule has 0 saturated heterocycles. The predicted octanol–water partition coefficient (Wildman–Crippen LogP) is 2.09. The highest BCUT2D eigenvalue weighted by atomic mass is 16.3. The Hall–Kier alpha value is -0.900. The molecule has 1 aromatic rings. The molecule has 2 atom stereocenters. The van der Waals surface area contributed by atoms with Crippen LogP contribution in [0.1, 0.15) is 43.6 Å². The van der Waals surface area contributed by atoms with Crippen LogP contribution < -0.4 is 5.32 Å². The average Bonchev–Trinajstić information content (AvgIpc) is 2.31. The van der Waals surface area contributed by atoms with Gasteiger partial charge in [0, 0.05) is 11.6 Å². The highest BCUT2D eigenvalue weighted by molar-refractivity contribution is 5.31. The van der Waals surface area contributed by atoms with Gasteiger partial charge in [-0.1, -0.05) is 18.2 Å². The zero-order valence-electron chi connectivity index (χ0n) is 12.0. The molecular weight excluding hydrogens is 226 g/mol. The third kappa shape index (κ3) is 3.80. The van der Waals surface area contributed by atoms with Crippen molar-refractivity contribution in [2.45, 2.75) is 52.3 Å². The molecule has 0 fully saturated rings. The average molecular weight is 251 g/mol. The monoisotopic (exact) mass is 251 g/mol. The van der Waals surface area contributed by atoms with Crippen molar-refractivity contribution in [2.24, 2.45) is 0 Å². The standard InChI is InChI=1S/C15H25NO2/c1-10-6-7-13(8-11(10)2)14(18)12(3)16-15(4,5)9-17/h6-8,12,14,16-18H,9H2,1-5H3. The molecule has 0 bridgehead atoms. The van der Waals surface area contributed by atoms with Crippen molar-refractivity contribution in [3.8, 4) is 0 Å². The van der Waals surface area contributed by atoms with Crippen LogP contribution in [0.3, 0.4) is 0 Å². The van der Waals surface area contributed by atoms with Crippen molar-refractivity contribution in [1.29, 1.82) is 0 Å². The first kappa shape index (κ1) is 15.2. The van der Waals surface area contributed by atoms with E-state index in [1.807, 2.05) is 45.9 Å². The van der Waals surface area contributed by atoms with Crippen LogP contribution in [-0.4, -0.2) is 28.4 Å². The van der Waals surface area contributed by atoms with E-state index in [2.05, 4.69) is 12.2 Å². The van der Waals surface area contributed by atoms with Gasteiger partial charge in [0.1, 0.15) is 0 Å². The largest absolute Gasteiger partial charge is 0.394 e. The minimum Gasteiger partial charge on any atom is -0.394 e. The first-order valence-electron chi connectivity index (χ1n) is 6.40. The number of aliphatic hydroxyl groups is 2. The summed E-state index contributed by atoms with van der Waals surface area (Å²) in [5.41, 5.74) is 2.93. The molecule has 0 aliphatic carbocycles. The molecule has 0 heterocycles. The van der Waals surface area contributed by atoms with Gasteiger partial charge in [0.15, 0.2) is 0 Å². The Labute approximate surface area is 110 Å². The predicted molar refractivity (Wildman–Crippen MR) is 74.6 cm³/mol. The summed E-state index contributed by atoms with van der Waals surface area (Å²) in [6.45, 7) is 9.89. The van der Waals surface area contributed by atoms with Gasteiger partial charge in [0.25, 0.3) is 0 Å². The van der Waals surface area contributed by atoms with E-state index in [0.29, 0.717) is 0 Å². The molecule has 0 spiro atoms. The van der Waals surface area contributed by atoms with Crippen LogP contribution in [0.25, 0.3) is 0 Å². The number of aliphatic hydroxyl groups excluding tert-OH is 2. The molecule has 3 N–H and O–H groups in total. The molecule has 0 aromatic heterocycles. The highest BCUT2D eigenvalue weighted by Gasteiger charge is 2.24. The van der Waals surface area contributed by atoms with Crippen LogP contribution in [0.2, 0.25) is 0 Å². The third-order valence-electron chi connectivity index (χ3n) is 3.36. The number of rotatable bonds is 5. The Morgan fingerprint density at radius 2 is 1.83 bits per heavy atom. The van der Waals surface area contributed by atoms with Crippen molar-refractivity contribution >= 4 is 0 Å². The van der Waals surface area contributed by atoms with Gasteiger partial charge in [0.05, 0.1) is 12.7 Å². The van der Waals surface area contributed by atoms with Gasteiger partial charge in [-0.25, -0.2) is 0 Å². The second kappa shape index (κ2) is 5.83. The quantitative estimate of drug-likeness (QED) is 0.751. The minimum absolute atomic E-state index is 0.0387. The molecule has 0 aliphatic heterocycles. The zero-order chi connectivity index (χ0) is 13.9.